The Morgan fingerprint density at radius 2 is 2.00 bits per heavy atom. The van der Waals surface area contributed by atoms with Crippen molar-refractivity contribution < 1.29 is 24.2 Å². The van der Waals surface area contributed by atoms with Crippen LogP contribution in [0.15, 0.2) is 47.8 Å². The Hall–Kier alpha value is -3.65. The lowest BCUT2D eigenvalue weighted by molar-refractivity contribution is 0.0236. The number of aromatic amines is 1. The zero-order valence-electron chi connectivity index (χ0n) is 19.2. The Morgan fingerprint density at radius 1 is 1.15 bits per heavy atom. The molecule has 2 N–H and O–H groups in total. The molecule has 3 aliphatic rings. The van der Waals surface area contributed by atoms with E-state index in [1.807, 2.05) is 30.5 Å². The van der Waals surface area contributed by atoms with E-state index >= 15 is 0 Å². The predicted octanol–water partition coefficient (Wildman–Crippen LogP) is 3.79. The maximum atomic E-state index is 9.89. The van der Waals surface area contributed by atoms with E-state index in [0.29, 0.717) is 18.1 Å². The number of hydrogen-bond donors (Lipinski definition) is 2. The summed E-state index contributed by atoms with van der Waals surface area (Å²) in [4.78, 5) is 11.6. The highest BCUT2D eigenvalue weighted by Gasteiger charge is 2.41. The second-order valence-corrected chi connectivity index (χ2v) is 8.91. The van der Waals surface area contributed by atoms with E-state index in [-0.39, 0.29) is 17.8 Å². The normalized spacial score (nSPS) is 21.7. The molecule has 0 amide bonds. The molecule has 0 fully saturated rings. The van der Waals surface area contributed by atoms with Gasteiger partial charge >= 0.3 is 0 Å². The molecule has 0 aliphatic carbocycles. The van der Waals surface area contributed by atoms with Crippen LogP contribution < -0.4 is 14.2 Å². The van der Waals surface area contributed by atoms with Crippen LogP contribution in [0, 0.1) is 5.92 Å². The maximum Gasteiger partial charge on any atom is 0.164 e. The quantitative estimate of drug-likeness (QED) is 0.601. The number of aromatic nitrogens is 1. The number of benzene rings is 2. The van der Waals surface area contributed by atoms with Gasteiger partial charge in [0.05, 0.1) is 20.1 Å². The van der Waals surface area contributed by atoms with E-state index in [9.17, 15) is 5.11 Å². The third kappa shape index (κ3) is 3.45. The number of phenolic OH excluding ortho intramolecular Hbond substituents is 1. The number of fused-ring (bicyclic) bond motifs is 4. The van der Waals surface area contributed by atoms with Gasteiger partial charge in [-0.25, -0.2) is 0 Å². The summed E-state index contributed by atoms with van der Waals surface area (Å²) in [6.07, 6.45) is 5.18. The average molecular weight is 462 g/mol. The Bertz CT molecular complexity index is 1310. The molecule has 3 aliphatic heterocycles. The van der Waals surface area contributed by atoms with E-state index in [4.69, 9.17) is 19.0 Å². The predicted molar refractivity (Wildman–Crippen MR) is 129 cm³/mol. The van der Waals surface area contributed by atoms with E-state index < -0.39 is 0 Å². The van der Waals surface area contributed by atoms with Crippen LogP contribution in [0.3, 0.4) is 0 Å². The lowest BCUT2D eigenvalue weighted by Gasteiger charge is -2.31. The molecule has 2 aromatic carbocycles. The van der Waals surface area contributed by atoms with Gasteiger partial charge in [-0.3, -0.25) is 4.90 Å². The zero-order chi connectivity index (χ0) is 23.2. The van der Waals surface area contributed by atoms with Crippen molar-refractivity contribution in [2.45, 2.75) is 12.5 Å². The van der Waals surface area contributed by atoms with E-state index in [1.54, 1.807) is 20.3 Å². The second kappa shape index (κ2) is 8.29. The minimum Gasteiger partial charge on any atom is -0.508 e. The van der Waals surface area contributed by atoms with Crippen molar-refractivity contribution in [1.82, 2.24) is 9.88 Å². The number of H-pyrrole nitrogens is 1. The first-order valence-corrected chi connectivity index (χ1v) is 11.5. The first kappa shape index (κ1) is 20.9. The Kier molecular flexibility index (Phi) is 5.10. The Morgan fingerprint density at radius 3 is 2.79 bits per heavy atom. The van der Waals surface area contributed by atoms with Crippen molar-refractivity contribution in [3.63, 3.8) is 0 Å². The van der Waals surface area contributed by atoms with Crippen LogP contribution in [0.1, 0.15) is 17.5 Å². The van der Waals surface area contributed by atoms with Gasteiger partial charge in [-0.2, -0.15) is 0 Å². The van der Waals surface area contributed by atoms with Gasteiger partial charge in [0.25, 0.3) is 0 Å². The molecule has 0 bridgehead atoms. The number of ether oxygens (including phenoxy) is 3. The summed E-state index contributed by atoms with van der Waals surface area (Å²) in [5.74, 6) is 2.39. The van der Waals surface area contributed by atoms with Crippen LogP contribution >= 0.6 is 0 Å². The maximum absolute atomic E-state index is 9.89. The summed E-state index contributed by atoms with van der Waals surface area (Å²) in [7, 11) is 3.24. The number of aromatic hydroxyl groups is 1. The van der Waals surface area contributed by atoms with E-state index in [1.165, 1.54) is 5.57 Å². The topological polar surface area (TPSA) is 88.5 Å². The van der Waals surface area contributed by atoms with Crippen molar-refractivity contribution in [2.75, 3.05) is 40.5 Å². The molecule has 0 saturated heterocycles. The summed E-state index contributed by atoms with van der Waals surface area (Å²) in [6, 6.07) is 9.21. The molecule has 0 spiro atoms. The van der Waals surface area contributed by atoms with Crippen molar-refractivity contribution >= 4 is 22.2 Å². The molecule has 34 heavy (non-hydrogen) atoms. The summed E-state index contributed by atoms with van der Waals surface area (Å²) >= 11 is 0. The van der Waals surface area contributed by atoms with Crippen molar-refractivity contribution in [2.24, 2.45) is 11.1 Å². The fraction of sp³-hybridized carbons (Fsp3) is 0.346. The number of nitrogens with zero attached hydrogens (tertiary/aromatic N) is 2. The molecule has 2 unspecified atom stereocenters. The summed E-state index contributed by atoms with van der Waals surface area (Å²) < 4.78 is 16.9. The zero-order valence-corrected chi connectivity index (χ0v) is 19.2. The van der Waals surface area contributed by atoms with Crippen LogP contribution in [0.25, 0.3) is 16.5 Å². The molecule has 1 aromatic heterocycles. The van der Waals surface area contributed by atoms with Gasteiger partial charge in [-0.15, -0.1) is 0 Å². The number of oxime groups is 1. The Balaban J connectivity index is 1.15. The molecule has 0 saturated carbocycles. The number of nitrogens with one attached hydrogen (secondary N) is 1. The van der Waals surface area contributed by atoms with E-state index in [2.05, 4.69) is 21.1 Å². The van der Waals surface area contributed by atoms with Crippen molar-refractivity contribution in [3.05, 3.63) is 53.7 Å². The molecule has 2 atom stereocenters. The van der Waals surface area contributed by atoms with Gasteiger partial charge in [-0.1, -0.05) is 11.2 Å². The molecule has 176 valence electrons. The SMILES string of the molecule is COc1cc2c(cc1OC)C1=NOC(CN3CC=C(c4c[nH]c5ccc(O)cc45)CC3)C1CO2. The fourth-order valence-corrected chi connectivity index (χ4v) is 5.15. The van der Waals surface area contributed by atoms with Crippen molar-refractivity contribution in [1.29, 1.82) is 0 Å². The molecule has 8 heteroatoms. The standard InChI is InChI=1S/C26H27N3O5/c1-31-23-10-18-22(11-24(23)32-2)33-14-20-25(34-28-26(18)20)13-29-7-5-15(6-8-29)19-12-27-21-4-3-16(30)9-17(19)21/h3-5,9-12,20,25,27,30H,6-8,13-14H2,1-2H3. The van der Waals surface area contributed by atoms with Crippen LogP contribution in [-0.4, -0.2) is 67.3 Å². The fourth-order valence-electron chi connectivity index (χ4n) is 5.15. The molecule has 4 heterocycles. The number of hydrogen-bond acceptors (Lipinski definition) is 7. The number of rotatable bonds is 5. The van der Waals surface area contributed by atoms with Gasteiger partial charge in [0.1, 0.15) is 23.8 Å². The van der Waals surface area contributed by atoms with Crippen LogP contribution in [0.2, 0.25) is 0 Å². The minimum atomic E-state index is -0.0590. The number of methoxy groups -OCH3 is 2. The number of phenols is 1. The van der Waals surface area contributed by atoms with Crippen LogP contribution in [0.5, 0.6) is 23.0 Å². The lowest BCUT2D eigenvalue weighted by Crippen LogP contribution is -2.42. The van der Waals surface area contributed by atoms with Crippen molar-refractivity contribution in [3.8, 4) is 23.0 Å². The second-order valence-electron chi connectivity index (χ2n) is 8.91. The molecule has 0 radical (unpaired) electrons. The van der Waals surface area contributed by atoms with Gasteiger partial charge in [0, 0.05) is 53.9 Å². The molecule has 6 rings (SSSR count). The highest BCUT2D eigenvalue weighted by Crippen LogP contribution is 2.41. The van der Waals surface area contributed by atoms with Crippen LogP contribution in [0.4, 0.5) is 0 Å². The third-order valence-corrected chi connectivity index (χ3v) is 7.01. The minimum absolute atomic E-state index is 0.0590. The smallest absolute Gasteiger partial charge is 0.164 e. The Labute approximate surface area is 197 Å². The van der Waals surface area contributed by atoms with Crippen LogP contribution in [-0.2, 0) is 4.84 Å². The molecule has 8 nitrogen and oxygen atoms in total. The van der Waals surface area contributed by atoms with Gasteiger partial charge in [0.2, 0.25) is 0 Å². The largest absolute Gasteiger partial charge is 0.508 e. The first-order valence-electron chi connectivity index (χ1n) is 11.5. The molecular weight excluding hydrogens is 434 g/mol. The average Bonchev–Trinajstić information content (AvgIpc) is 3.47. The van der Waals surface area contributed by atoms with E-state index in [0.717, 1.165) is 59.5 Å². The molecular formula is C26H27N3O5. The summed E-state index contributed by atoms with van der Waals surface area (Å²) in [5, 5.41) is 15.4. The summed E-state index contributed by atoms with van der Waals surface area (Å²) in [6.45, 7) is 3.08. The lowest BCUT2D eigenvalue weighted by atomic mass is 9.89. The monoisotopic (exact) mass is 461 g/mol. The highest BCUT2D eigenvalue weighted by atomic mass is 16.6. The van der Waals surface area contributed by atoms with Gasteiger partial charge in [0.15, 0.2) is 17.6 Å². The summed E-state index contributed by atoms with van der Waals surface area (Å²) in [5.41, 5.74) is 5.31. The first-order chi connectivity index (χ1) is 16.6. The third-order valence-electron chi connectivity index (χ3n) is 7.01. The van der Waals surface area contributed by atoms with Gasteiger partial charge < -0.3 is 29.1 Å². The highest BCUT2D eigenvalue weighted by molar-refractivity contribution is 6.06. The van der Waals surface area contributed by atoms with Gasteiger partial charge in [-0.05, 0) is 36.3 Å². The molecule has 3 aromatic rings.